The maximum Gasteiger partial charge on any atom is 0.268 e. The number of para-hydroxylation sites is 1. The number of hydrogen-bond acceptors (Lipinski definition) is 2. The highest BCUT2D eigenvalue weighted by atomic mass is 32.2. The highest BCUT2D eigenvalue weighted by molar-refractivity contribution is 7.99. The lowest BCUT2D eigenvalue weighted by Gasteiger charge is -2.23. The standard InChI is InChI=1S/C17H20N2OS/c20-17(18-13-6-2-1-3-7-13)14-11-12-5-4-8-15-16(12)19(14)9-10-21-15/h4-5,8,11,13H,1-3,6-7,9-10H2,(H,18,20). The fourth-order valence-corrected chi connectivity index (χ4v) is 4.61. The Morgan fingerprint density at radius 2 is 2.10 bits per heavy atom. The van der Waals surface area contributed by atoms with Gasteiger partial charge in [0.2, 0.25) is 0 Å². The Balaban J connectivity index is 1.67. The van der Waals surface area contributed by atoms with Gasteiger partial charge < -0.3 is 9.88 Å². The molecule has 1 aliphatic carbocycles. The van der Waals surface area contributed by atoms with Crippen LogP contribution in [0.3, 0.4) is 0 Å². The summed E-state index contributed by atoms with van der Waals surface area (Å²) in [5.41, 5.74) is 2.07. The van der Waals surface area contributed by atoms with Gasteiger partial charge >= 0.3 is 0 Å². The average molecular weight is 300 g/mol. The molecule has 4 heteroatoms. The molecule has 1 aliphatic heterocycles. The van der Waals surface area contributed by atoms with E-state index in [4.69, 9.17) is 0 Å². The Kier molecular flexibility index (Phi) is 3.42. The number of nitrogens with zero attached hydrogens (tertiary/aromatic N) is 1. The first-order chi connectivity index (χ1) is 10.3. The summed E-state index contributed by atoms with van der Waals surface area (Å²) in [6, 6.07) is 8.78. The maximum atomic E-state index is 12.7. The molecule has 1 amide bonds. The van der Waals surface area contributed by atoms with Crippen LogP contribution in [0.2, 0.25) is 0 Å². The number of amides is 1. The summed E-state index contributed by atoms with van der Waals surface area (Å²) >= 11 is 1.89. The van der Waals surface area contributed by atoms with Crippen molar-refractivity contribution in [2.24, 2.45) is 0 Å². The number of carbonyl (C=O) groups is 1. The molecule has 21 heavy (non-hydrogen) atoms. The van der Waals surface area contributed by atoms with Gasteiger partial charge in [0.1, 0.15) is 5.69 Å². The van der Waals surface area contributed by atoms with Crippen LogP contribution < -0.4 is 5.32 Å². The van der Waals surface area contributed by atoms with E-state index in [1.807, 2.05) is 11.8 Å². The highest BCUT2D eigenvalue weighted by Crippen LogP contribution is 2.34. The predicted molar refractivity (Wildman–Crippen MR) is 87.0 cm³/mol. The first-order valence-electron chi connectivity index (χ1n) is 7.89. The third-order valence-electron chi connectivity index (χ3n) is 4.63. The van der Waals surface area contributed by atoms with Crippen LogP contribution in [0.25, 0.3) is 10.9 Å². The molecule has 110 valence electrons. The van der Waals surface area contributed by atoms with E-state index in [2.05, 4.69) is 34.1 Å². The van der Waals surface area contributed by atoms with Crippen LogP contribution in [0, 0.1) is 0 Å². The van der Waals surface area contributed by atoms with Crippen molar-refractivity contribution in [2.45, 2.75) is 49.6 Å². The molecule has 0 atom stereocenters. The molecule has 2 heterocycles. The van der Waals surface area contributed by atoms with E-state index in [9.17, 15) is 4.79 Å². The fourth-order valence-electron chi connectivity index (χ4n) is 3.58. The summed E-state index contributed by atoms with van der Waals surface area (Å²) in [5, 5.41) is 4.44. The number of carbonyl (C=O) groups excluding carboxylic acids is 1. The second-order valence-electron chi connectivity index (χ2n) is 6.03. The molecule has 2 aromatic rings. The number of nitrogens with one attached hydrogen (secondary N) is 1. The van der Waals surface area contributed by atoms with Crippen LogP contribution in [0.15, 0.2) is 29.2 Å². The minimum Gasteiger partial charge on any atom is -0.348 e. The second-order valence-corrected chi connectivity index (χ2v) is 7.17. The zero-order valence-corrected chi connectivity index (χ0v) is 12.9. The molecule has 1 fully saturated rings. The van der Waals surface area contributed by atoms with Crippen molar-refractivity contribution >= 4 is 28.6 Å². The van der Waals surface area contributed by atoms with Crippen molar-refractivity contribution in [3.05, 3.63) is 30.0 Å². The smallest absolute Gasteiger partial charge is 0.268 e. The van der Waals surface area contributed by atoms with Gasteiger partial charge in [0, 0.05) is 28.6 Å². The van der Waals surface area contributed by atoms with Gasteiger partial charge in [-0.3, -0.25) is 4.79 Å². The Morgan fingerprint density at radius 3 is 2.95 bits per heavy atom. The first-order valence-corrected chi connectivity index (χ1v) is 8.87. The van der Waals surface area contributed by atoms with Gasteiger partial charge in [-0.1, -0.05) is 31.4 Å². The van der Waals surface area contributed by atoms with Crippen LogP contribution in [-0.4, -0.2) is 22.3 Å². The van der Waals surface area contributed by atoms with Gasteiger partial charge in [0.15, 0.2) is 0 Å². The quantitative estimate of drug-likeness (QED) is 0.915. The zero-order valence-electron chi connectivity index (χ0n) is 12.1. The van der Waals surface area contributed by atoms with E-state index in [0.717, 1.165) is 30.8 Å². The van der Waals surface area contributed by atoms with Crippen LogP contribution in [0.4, 0.5) is 0 Å². The van der Waals surface area contributed by atoms with Crippen LogP contribution in [-0.2, 0) is 6.54 Å². The normalized spacial score (nSPS) is 18.9. The predicted octanol–water partition coefficient (Wildman–Crippen LogP) is 3.81. The molecule has 4 rings (SSSR count). The van der Waals surface area contributed by atoms with Crippen LogP contribution in [0.5, 0.6) is 0 Å². The Hall–Kier alpha value is -1.42. The van der Waals surface area contributed by atoms with Gasteiger partial charge in [0.05, 0.1) is 5.52 Å². The number of rotatable bonds is 2. The molecule has 0 radical (unpaired) electrons. The van der Waals surface area contributed by atoms with E-state index in [0.29, 0.717) is 6.04 Å². The van der Waals surface area contributed by atoms with Crippen molar-refractivity contribution in [1.82, 2.24) is 9.88 Å². The molecule has 0 bridgehead atoms. The van der Waals surface area contributed by atoms with Crippen molar-refractivity contribution in [1.29, 1.82) is 0 Å². The maximum absolute atomic E-state index is 12.7. The third kappa shape index (κ3) is 2.35. The fraction of sp³-hybridized carbons (Fsp3) is 0.471. The lowest BCUT2D eigenvalue weighted by Crippen LogP contribution is -2.37. The van der Waals surface area contributed by atoms with E-state index in [1.54, 1.807) is 0 Å². The monoisotopic (exact) mass is 300 g/mol. The first kappa shape index (κ1) is 13.3. The molecular formula is C17H20N2OS. The topological polar surface area (TPSA) is 34.0 Å². The molecule has 1 N–H and O–H groups in total. The Labute approximate surface area is 129 Å². The lowest BCUT2D eigenvalue weighted by atomic mass is 9.95. The van der Waals surface area contributed by atoms with E-state index < -0.39 is 0 Å². The van der Waals surface area contributed by atoms with E-state index >= 15 is 0 Å². The molecule has 0 spiro atoms. The summed E-state index contributed by atoms with van der Waals surface area (Å²) < 4.78 is 2.21. The number of thioether (sulfide) groups is 1. The third-order valence-corrected chi connectivity index (χ3v) is 5.66. The van der Waals surface area contributed by atoms with Gasteiger partial charge in [-0.25, -0.2) is 0 Å². The molecule has 3 nitrogen and oxygen atoms in total. The lowest BCUT2D eigenvalue weighted by molar-refractivity contribution is 0.0919. The van der Waals surface area contributed by atoms with Crippen LogP contribution in [0.1, 0.15) is 42.6 Å². The van der Waals surface area contributed by atoms with E-state index in [-0.39, 0.29) is 5.91 Å². The van der Waals surface area contributed by atoms with Crippen molar-refractivity contribution in [2.75, 3.05) is 5.75 Å². The molecule has 2 aliphatic rings. The summed E-state index contributed by atoms with van der Waals surface area (Å²) in [6.07, 6.45) is 6.07. The minimum atomic E-state index is 0.107. The van der Waals surface area contributed by atoms with Crippen molar-refractivity contribution < 1.29 is 4.79 Å². The minimum absolute atomic E-state index is 0.107. The van der Waals surface area contributed by atoms with Gasteiger partial charge in [0.25, 0.3) is 5.91 Å². The van der Waals surface area contributed by atoms with Gasteiger partial charge in [-0.2, -0.15) is 0 Å². The highest BCUT2D eigenvalue weighted by Gasteiger charge is 2.23. The zero-order chi connectivity index (χ0) is 14.2. The molecule has 1 aromatic heterocycles. The Bertz CT molecular complexity index is 685. The summed E-state index contributed by atoms with van der Waals surface area (Å²) in [6.45, 7) is 0.929. The largest absolute Gasteiger partial charge is 0.348 e. The van der Waals surface area contributed by atoms with E-state index in [1.165, 1.54) is 35.1 Å². The number of aryl methyl sites for hydroxylation is 1. The molecule has 1 aromatic carbocycles. The SMILES string of the molecule is O=C(NC1CCCCC1)c1cc2cccc3c2n1CCS3. The summed E-state index contributed by atoms with van der Waals surface area (Å²) in [4.78, 5) is 14.0. The Morgan fingerprint density at radius 1 is 1.24 bits per heavy atom. The number of benzene rings is 1. The summed E-state index contributed by atoms with van der Waals surface area (Å²) in [5.74, 6) is 1.15. The van der Waals surface area contributed by atoms with Gasteiger partial charge in [-0.05, 0) is 25.0 Å². The van der Waals surface area contributed by atoms with Crippen LogP contribution >= 0.6 is 11.8 Å². The van der Waals surface area contributed by atoms with Crippen molar-refractivity contribution in [3.8, 4) is 0 Å². The average Bonchev–Trinajstić information content (AvgIpc) is 2.90. The molecule has 0 saturated heterocycles. The van der Waals surface area contributed by atoms with Crippen molar-refractivity contribution in [3.63, 3.8) is 0 Å². The summed E-state index contributed by atoms with van der Waals surface area (Å²) in [7, 11) is 0. The number of aromatic nitrogens is 1. The molecule has 0 unspecified atom stereocenters. The second kappa shape index (κ2) is 5.41. The molecular weight excluding hydrogens is 280 g/mol. The van der Waals surface area contributed by atoms with Gasteiger partial charge in [-0.15, -0.1) is 11.8 Å². The number of hydrogen-bond donors (Lipinski definition) is 1. The molecule has 1 saturated carbocycles.